The van der Waals surface area contributed by atoms with Crippen LogP contribution < -0.4 is 5.32 Å². The van der Waals surface area contributed by atoms with Crippen LogP contribution in [-0.4, -0.2) is 27.1 Å². The Bertz CT molecular complexity index is 631. The zero-order valence-corrected chi connectivity index (χ0v) is 11.4. The summed E-state index contributed by atoms with van der Waals surface area (Å²) in [5.41, 5.74) is -0.284. The van der Waals surface area contributed by atoms with Gasteiger partial charge in [-0.2, -0.15) is 0 Å². The molecule has 0 radical (unpaired) electrons. The van der Waals surface area contributed by atoms with E-state index in [0.717, 1.165) is 25.5 Å². The lowest BCUT2D eigenvalue weighted by Crippen LogP contribution is -2.32. The highest BCUT2D eigenvalue weighted by molar-refractivity contribution is 5.97. The number of hydrogen-bond acceptors (Lipinski definition) is 3. The lowest BCUT2D eigenvalue weighted by Gasteiger charge is -2.17. The number of halogens is 1. The van der Waals surface area contributed by atoms with Crippen molar-refractivity contribution < 1.29 is 14.3 Å². The van der Waals surface area contributed by atoms with Gasteiger partial charge in [-0.15, -0.1) is 0 Å². The SMILES string of the molecule is O=C(NCC1(Cn2ccnc2)CC1)c1c(O)cccc1F. The second-order valence-corrected chi connectivity index (χ2v) is 5.55. The van der Waals surface area contributed by atoms with Crippen LogP contribution in [0.4, 0.5) is 4.39 Å². The number of imidazole rings is 1. The molecule has 1 aromatic carbocycles. The first kappa shape index (κ1) is 13.6. The van der Waals surface area contributed by atoms with Crippen molar-refractivity contribution >= 4 is 5.91 Å². The molecule has 0 unspecified atom stereocenters. The standard InChI is InChI=1S/C15H16FN3O2/c16-11-2-1-3-12(20)13(11)14(21)18-8-15(4-5-15)9-19-7-6-17-10-19/h1-3,6-7,10,20H,4-5,8-9H2,(H,18,21). The van der Waals surface area contributed by atoms with Crippen molar-refractivity contribution in [3.8, 4) is 5.75 Å². The number of nitrogens with zero attached hydrogens (tertiary/aromatic N) is 2. The second kappa shape index (κ2) is 5.20. The Kier molecular flexibility index (Phi) is 3.37. The number of rotatable bonds is 5. The third kappa shape index (κ3) is 2.89. The molecule has 1 aromatic heterocycles. The van der Waals surface area contributed by atoms with Crippen LogP contribution in [0.1, 0.15) is 23.2 Å². The highest BCUT2D eigenvalue weighted by atomic mass is 19.1. The van der Waals surface area contributed by atoms with E-state index >= 15 is 0 Å². The molecule has 0 aliphatic heterocycles. The van der Waals surface area contributed by atoms with Gasteiger partial charge in [0, 0.05) is 30.9 Å². The van der Waals surface area contributed by atoms with Gasteiger partial charge in [0.05, 0.1) is 6.33 Å². The van der Waals surface area contributed by atoms with Crippen LogP contribution in [0.15, 0.2) is 36.9 Å². The molecule has 1 heterocycles. The molecule has 0 saturated heterocycles. The summed E-state index contributed by atoms with van der Waals surface area (Å²) in [4.78, 5) is 16.0. The quantitative estimate of drug-likeness (QED) is 0.884. The first-order chi connectivity index (χ1) is 10.1. The molecule has 0 spiro atoms. The minimum Gasteiger partial charge on any atom is -0.507 e. The van der Waals surface area contributed by atoms with Crippen LogP contribution in [0, 0.1) is 11.2 Å². The summed E-state index contributed by atoms with van der Waals surface area (Å²) in [5.74, 6) is -1.64. The number of phenolic OH excluding ortho intramolecular Hbond substituents is 1. The molecule has 110 valence electrons. The zero-order chi connectivity index (χ0) is 14.9. The predicted octanol–water partition coefficient (Wildman–Crippen LogP) is 1.94. The van der Waals surface area contributed by atoms with Crippen molar-refractivity contribution in [2.24, 2.45) is 5.41 Å². The Morgan fingerprint density at radius 3 is 2.90 bits per heavy atom. The molecule has 3 rings (SSSR count). The predicted molar refractivity (Wildman–Crippen MR) is 74.3 cm³/mol. The maximum atomic E-state index is 13.6. The van der Waals surface area contributed by atoms with Gasteiger partial charge < -0.3 is 15.0 Å². The van der Waals surface area contributed by atoms with E-state index in [-0.39, 0.29) is 16.7 Å². The van der Waals surface area contributed by atoms with E-state index in [9.17, 15) is 14.3 Å². The van der Waals surface area contributed by atoms with Gasteiger partial charge in [-0.05, 0) is 25.0 Å². The molecule has 2 aromatic rings. The second-order valence-electron chi connectivity index (χ2n) is 5.55. The normalized spacial score (nSPS) is 15.7. The molecule has 1 amide bonds. The maximum Gasteiger partial charge on any atom is 0.258 e. The average Bonchev–Trinajstić information content (AvgIpc) is 3.01. The maximum absolute atomic E-state index is 13.6. The molecule has 1 aliphatic carbocycles. The number of aromatic nitrogens is 2. The van der Waals surface area contributed by atoms with Gasteiger partial charge in [0.25, 0.3) is 5.91 Å². The monoisotopic (exact) mass is 289 g/mol. The summed E-state index contributed by atoms with van der Waals surface area (Å²) in [6, 6.07) is 3.83. The van der Waals surface area contributed by atoms with Gasteiger partial charge in [-0.3, -0.25) is 4.79 Å². The lowest BCUT2D eigenvalue weighted by molar-refractivity contribution is 0.0936. The minimum absolute atomic E-state index is 0.0111. The van der Waals surface area contributed by atoms with Crippen LogP contribution in [-0.2, 0) is 6.54 Å². The Labute approximate surface area is 121 Å². The highest BCUT2D eigenvalue weighted by Crippen LogP contribution is 2.46. The van der Waals surface area contributed by atoms with E-state index in [4.69, 9.17) is 0 Å². The summed E-state index contributed by atoms with van der Waals surface area (Å²) in [7, 11) is 0. The van der Waals surface area contributed by atoms with Gasteiger partial charge in [0.15, 0.2) is 0 Å². The number of carbonyl (C=O) groups is 1. The number of aromatic hydroxyl groups is 1. The molecule has 1 fully saturated rings. The average molecular weight is 289 g/mol. The Balaban J connectivity index is 1.64. The number of hydrogen-bond donors (Lipinski definition) is 2. The highest BCUT2D eigenvalue weighted by Gasteiger charge is 2.43. The Morgan fingerprint density at radius 2 is 2.29 bits per heavy atom. The van der Waals surface area contributed by atoms with Crippen LogP contribution in [0.3, 0.4) is 0 Å². The van der Waals surface area contributed by atoms with E-state index in [1.54, 1.807) is 12.5 Å². The fraction of sp³-hybridized carbons (Fsp3) is 0.333. The van der Waals surface area contributed by atoms with Crippen molar-refractivity contribution in [2.75, 3.05) is 6.54 Å². The summed E-state index contributed by atoms with van der Waals surface area (Å²) < 4.78 is 15.6. The molecule has 1 saturated carbocycles. The van der Waals surface area contributed by atoms with Gasteiger partial charge >= 0.3 is 0 Å². The van der Waals surface area contributed by atoms with E-state index in [2.05, 4.69) is 10.3 Å². The number of amides is 1. The molecule has 0 bridgehead atoms. The lowest BCUT2D eigenvalue weighted by atomic mass is 10.1. The van der Waals surface area contributed by atoms with Crippen molar-refractivity contribution in [1.82, 2.24) is 14.9 Å². The minimum atomic E-state index is -0.716. The molecule has 21 heavy (non-hydrogen) atoms. The van der Waals surface area contributed by atoms with Gasteiger partial charge in [0.2, 0.25) is 0 Å². The number of carbonyl (C=O) groups excluding carboxylic acids is 1. The third-order valence-electron chi connectivity index (χ3n) is 3.88. The molecule has 2 N–H and O–H groups in total. The van der Waals surface area contributed by atoms with E-state index in [1.807, 2.05) is 10.8 Å². The van der Waals surface area contributed by atoms with E-state index < -0.39 is 11.7 Å². The van der Waals surface area contributed by atoms with Gasteiger partial charge in [0.1, 0.15) is 17.1 Å². The summed E-state index contributed by atoms with van der Waals surface area (Å²) in [6.45, 7) is 1.23. The summed E-state index contributed by atoms with van der Waals surface area (Å²) in [6.07, 6.45) is 7.35. The van der Waals surface area contributed by atoms with Crippen molar-refractivity contribution in [3.05, 3.63) is 48.3 Å². The van der Waals surface area contributed by atoms with Crippen LogP contribution >= 0.6 is 0 Å². The smallest absolute Gasteiger partial charge is 0.258 e. The number of phenols is 1. The fourth-order valence-corrected chi connectivity index (χ4v) is 2.43. The number of nitrogens with one attached hydrogen (secondary N) is 1. The first-order valence-corrected chi connectivity index (χ1v) is 6.81. The molecule has 6 heteroatoms. The zero-order valence-electron chi connectivity index (χ0n) is 11.4. The van der Waals surface area contributed by atoms with Crippen molar-refractivity contribution in [2.45, 2.75) is 19.4 Å². The topological polar surface area (TPSA) is 67.2 Å². The Morgan fingerprint density at radius 1 is 1.48 bits per heavy atom. The molecule has 5 nitrogen and oxygen atoms in total. The Hall–Kier alpha value is -2.37. The van der Waals surface area contributed by atoms with Gasteiger partial charge in [-0.1, -0.05) is 6.07 Å². The summed E-state index contributed by atoms with van der Waals surface area (Å²) >= 11 is 0. The van der Waals surface area contributed by atoms with E-state index in [1.165, 1.54) is 12.1 Å². The van der Waals surface area contributed by atoms with E-state index in [0.29, 0.717) is 6.54 Å². The van der Waals surface area contributed by atoms with Crippen LogP contribution in [0.5, 0.6) is 5.75 Å². The van der Waals surface area contributed by atoms with Crippen molar-refractivity contribution in [1.29, 1.82) is 0 Å². The van der Waals surface area contributed by atoms with Gasteiger partial charge in [-0.25, -0.2) is 9.37 Å². The molecular weight excluding hydrogens is 273 g/mol. The third-order valence-corrected chi connectivity index (χ3v) is 3.88. The first-order valence-electron chi connectivity index (χ1n) is 6.81. The fourth-order valence-electron chi connectivity index (χ4n) is 2.43. The molecule has 0 atom stereocenters. The number of benzene rings is 1. The van der Waals surface area contributed by atoms with Crippen LogP contribution in [0.25, 0.3) is 0 Å². The summed E-state index contributed by atoms with van der Waals surface area (Å²) in [5, 5.41) is 12.3. The molecule has 1 aliphatic rings. The van der Waals surface area contributed by atoms with Crippen LogP contribution in [0.2, 0.25) is 0 Å². The molecular formula is C15H16FN3O2. The largest absolute Gasteiger partial charge is 0.507 e. The van der Waals surface area contributed by atoms with Crippen molar-refractivity contribution in [3.63, 3.8) is 0 Å².